The highest BCUT2D eigenvalue weighted by atomic mass is 32.1. The van der Waals surface area contributed by atoms with E-state index in [0.29, 0.717) is 24.8 Å². The first kappa shape index (κ1) is 16.4. The number of nitro benzene ring substituents is 1. The number of benzene rings is 1. The Kier molecular flexibility index (Phi) is 5.05. The van der Waals surface area contributed by atoms with Crippen molar-refractivity contribution in [3.8, 4) is 5.75 Å². The molecule has 1 fully saturated rings. The molecule has 0 radical (unpaired) electrons. The molecule has 0 aliphatic carbocycles. The minimum Gasteiger partial charge on any atom is -0.484 e. The average molecular weight is 347 g/mol. The maximum atomic E-state index is 12.2. The number of thiazole rings is 1. The van der Waals surface area contributed by atoms with Crippen molar-refractivity contribution in [3.63, 3.8) is 0 Å². The highest BCUT2D eigenvalue weighted by Crippen LogP contribution is 2.29. The molecule has 1 amide bonds. The minimum absolute atomic E-state index is 0.00191. The summed E-state index contributed by atoms with van der Waals surface area (Å²) in [5.74, 6) is 0.821. The maximum absolute atomic E-state index is 12.2. The van der Waals surface area contributed by atoms with Gasteiger partial charge in [0.05, 0.1) is 9.93 Å². The van der Waals surface area contributed by atoms with Gasteiger partial charge in [0.25, 0.3) is 11.6 Å². The number of carbonyl (C=O) groups excluding carboxylic acids is 1. The fourth-order valence-electron chi connectivity index (χ4n) is 2.71. The van der Waals surface area contributed by atoms with Crippen molar-refractivity contribution in [2.45, 2.75) is 18.8 Å². The summed E-state index contributed by atoms with van der Waals surface area (Å²) in [6, 6.07) is 5.72. The quantitative estimate of drug-likeness (QED) is 0.613. The van der Waals surface area contributed by atoms with Crippen molar-refractivity contribution < 1.29 is 14.5 Å². The smallest absolute Gasteiger partial charge is 0.269 e. The molecule has 3 rings (SSSR count). The number of hydrogen-bond donors (Lipinski definition) is 0. The fraction of sp³-hybridized carbons (Fsp3) is 0.375. The highest BCUT2D eigenvalue weighted by Gasteiger charge is 2.25. The van der Waals surface area contributed by atoms with Gasteiger partial charge in [-0.3, -0.25) is 14.9 Å². The predicted molar refractivity (Wildman–Crippen MR) is 89.3 cm³/mol. The summed E-state index contributed by atoms with van der Waals surface area (Å²) in [4.78, 5) is 28.5. The predicted octanol–water partition coefficient (Wildman–Crippen LogP) is 2.84. The van der Waals surface area contributed by atoms with Gasteiger partial charge in [-0.2, -0.15) is 0 Å². The number of carbonyl (C=O) groups is 1. The normalized spacial score (nSPS) is 15.2. The van der Waals surface area contributed by atoms with Crippen molar-refractivity contribution in [1.29, 1.82) is 0 Å². The molecular weight excluding hydrogens is 330 g/mol. The molecule has 24 heavy (non-hydrogen) atoms. The molecule has 1 aromatic heterocycles. The van der Waals surface area contributed by atoms with E-state index in [9.17, 15) is 14.9 Å². The fourth-order valence-corrected chi connectivity index (χ4v) is 3.52. The van der Waals surface area contributed by atoms with E-state index in [1.807, 2.05) is 11.6 Å². The first-order chi connectivity index (χ1) is 11.6. The Morgan fingerprint density at radius 1 is 1.33 bits per heavy atom. The van der Waals surface area contributed by atoms with E-state index in [1.54, 1.807) is 16.2 Å². The summed E-state index contributed by atoms with van der Waals surface area (Å²) in [5.41, 5.74) is -0.00191. The Hall–Kier alpha value is -2.48. The number of ether oxygens (including phenoxy) is 1. The van der Waals surface area contributed by atoms with Gasteiger partial charge >= 0.3 is 0 Å². The van der Waals surface area contributed by atoms with Crippen molar-refractivity contribution in [1.82, 2.24) is 9.88 Å². The molecule has 8 heteroatoms. The number of aromatic nitrogens is 1. The van der Waals surface area contributed by atoms with Gasteiger partial charge in [0.15, 0.2) is 6.61 Å². The third-order valence-electron chi connectivity index (χ3n) is 4.06. The Labute approximate surface area is 143 Å². The zero-order valence-corrected chi connectivity index (χ0v) is 13.8. The number of nitro groups is 1. The van der Waals surface area contributed by atoms with E-state index in [0.717, 1.165) is 17.8 Å². The molecule has 0 spiro atoms. The summed E-state index contributed by atoms with van der Waals surface area (Å²) < 4.78 is 5.43. The number of amides is 1. The van der Waals surface area contributed by atoms with Crippen LogP contribution >= 0.6 is 11.3 Å². The molecule has 2 aromatic rings. The maximum Gasteiger partial charge on any atom is 0.269 e. The number of piperidine rings is 1. The second kappa shape index (κ2) is 7.39. The van der Waals surface area contributed by atoms with Crippen molar-refractivity contribution >= 4 is 22.9 Å². The van der Waals surface area contributed by atoms with Gasteiger partial charge in [-0.25, -0.2) is 4.98 Å². The zero-order valence-electron chi connectivity index (χ0n) is 13.0. The Balaban J connectivity index is 1.46. The average Bonchev–Trinajstić information content (AvgIpc) is 3.15. The number of nitrogens with zero attached hydrogens (tertiary/aromatic N) is 3. The van der Waals surface area contributed by atoms with Gasteiger partial charge in [-0.1, -0.05) is 0 Å². The van der Waals surface area contributed by atoms with Gasteiger partial charge in [0.1, 0.15) is 5.75 Å². The molecule has 126 valence electrons. The molecule has 0 unspecified atom stereocenters. The van der Waals surface area contributed by atoms with Crippen molar-refractivity contribution in [3.05, 3.63) is 51.0 Å². The van der Waals surface area contributed by atoms with Crippen LogP contribution in [0.5, 0.6) is 5.75 Å². The SMILES string of the molecule is O=C(COc1ccc([N+](=O)[O-])cc1)N1CCC(c2nccs2)CC1. The van der Waals surface area contributed by atoms with Crippen LogP contribution in [0.4, 0.5) is 5.69 Å². The lowest BCUT2D eigenvalue weighted by atomic mass is 9.97. The Morgan fingerprint density at radius 2 is 2.04 bits per heavy atom. The van der Waals surface area contributed by atoms with Gasteiger partial charge in [-0.15, -0.1) is 11.3 Å². The number of non-ortho nitro benzene ring substituents is 1. The third-order valence-corrected chi connectivity index (χ3v) is 5.00. The molecule has 0 atom stereocenters. The van der Waals surface area contributed by atoms with Crippen LogP contribution in [0.2, 0.25) is 0 Å². The van der Waals surface area contributed by atoms with E-state index >= 15 is 0 Å². The van der Waals surface area contributed by atoms with Crippen LogP contribution in [-0.4, -0.2) is 40.4 Å². The number of rotatable bonds is 5. The van der Waals surface area contributed by atoms with Crippen LogP contribution in [0, 0.1) is 10.1 Å². The summed E-state index contributed by atoms with van der Waals surface area (Å²) >= 11 is 1.66. The van der Waals surface area contributed by atoms with Crippen LogP contribution in [0.25, 0.3) is 0 Å². The first-order valence-electron chi connectivity index (χ1n) is 7.68. The monoisotopic (exact) mass is 347 g/mol. The molecule has 1 saturated heterocycles. The first-order valence-corrected chi connectivity index (χ1v) is 8.56. The summed E-state index contributed by atoms with van der Waals surface area (Å²) in [5, 5.41) is 13.7. The van der Waals surface area contributed by atoms with E-state index in [1.165, 1.54) is 24.3 Å². The summed E-state index contributed by atoms with van der Waals surface area (Å²) in [6.45, 7) is 1.35. The van der Waals surface area contributed by atoms with Crippen LogP contribution in [0.1, 0.15) is 23.8 Å². The van der Waals surface area contributed by atoms with Gasteiger partial charge in [0, 0.05) is 42.7 Å². The summed E-state index contributed by atoms with van der Waals surface area (Å²) in [7, 11) is 0. The van der Waals surface area contributed by atoms with Crippen LogP contribution in [-0.2, 0) is 4.79 Å². The Bertz CT molecular complexity index is 695. The topological polar surface area (TPSA) is 85.6 Å². The van der Waals surface area contributed by atoms with E-state index in [2.05, 4.69) is 4.98 Å². The van der Waals surface area contributed by atoms with Crippen LogP contribution in [0.3, 0.4) is 0 Å². The largest absolute Gasteiger partial charge is 0.484 e. The molecule has 0 saturated carbocycles. The van der Waals surface area contributed by atoms with Crippen molar-refractivity contribution in [2.24, 2.45) is 0 Å². The van der Waals surface area contributed by atoms with E-state index < -0.39 is 4.92 Å². The van der Waals surface area contributed by atoms with Gasteiger partial charge in [-0.05, 0) is 25.0 Å². The Morgan fingerprint density at radius 3 is 2.62 bits per heavy atom. The molecule has 1 aliphatic rings. The lowest BCUT2D eigenvalue weighted by Crippen LogP contribution is -2.40. The zero-order chi connectivity index (χ0) is 16.9. The third kappa shape index (κ3) is 3.88. The highest BCUT2D eigenvalue weighted by molar-refractivity contribution is 7.09. The molecule has 7 nitrogen and oxygen atoms in total. The summed E-state index contributed by atoms with van der Waals surface area (Å²) in [6.07, 6.45) is 3.64. The number of likely N-dealkylation sites (tertiary alicyclic amines) is 1. The number of hydrogen-bond acceptors (Lipinski definition) is 6. The van der Waals surface area contributed by atoms with Crippen LogP contribution < -0.4 is 4.74 Å². The van der Waals surface area contributed by atoms with Crippen LogP contribution in [0.15, 0.2) is 35.8 Å². The lowest BCUT2D eigenvalue weighted by Gasteiger charge is -2.31. The van der Waals surface area contributed by atoms with E-state index in [-0.39, 0.29) is 18.2 Å². The molecular formula is C16H17N3O4S. The van der Waals surface area contributed by atoms with E-state index in [4.69, 9.17) is 4.74 Å². The standard InChI is InChI=1S/C16H17N3O4S/c20-15(11-23-14-3-1-13(2-4-14)19(21)22)18-8-5-12(6-9-18)16-17-7-10-24-16/h1-4,7,10,12H,5-6,8-9,11H2. The van der Waals surface area contributed by atoms with Crippen molar-refractivity contribution in [2.75, 3.05) is 19.7 Å². The second-order valence-corrected chi connectivity index (χ2v) is 6.49. The molecule has 1 aromatic carbocycles. The second-order valence-electron chi connectivity index (χ2n) is 5.57. The lowest BCUT2D eigenvalue weighted by molar-refractivity contribution is -0.384. The molecule has 0 N–H and O–H groups in total. The van der Waals surface area contributed by atoms with Gasteiger partial charge in [0.2, 0.25) is 0 Å². The molecule has 0 bridgehead atoms. The molecule has 2 heterocycles. The minimum atomic E-state index is -0.471. The van der Waals surface area contributed by atoms with Gasteiger partial charge < -0.3 is 9.64 Å². The molecule has 1 aliphatic heterocycles.